The van der Waals surface area contributed by atoms with E-state index in [0.717, 1.165) is 5.56 Å². The van der Waals surface area contributed by atoms with E-state index in [-0.39, 0.29) is 30.6 Å². The molecule has 1 aliphatic rings. The fourth-order valence-corrected chi connectivity index (χ4v) is 3.11. The summed E-state index contributed by atoms with van der Waals surface area (Å²) < 4.78 is 18.9. The van der Waals surface area contributed by atoms with Crippen LogP contribution in [-0.2, 0) is 22.7 Å². The molecule has 1 unspecified atom stereocenters. The topological polar surface area (TPSA) is 58.6 Å². The van der Waals surface area contributed by atoms with Crippen molar-refractivity contribution in [2.45, 2.75) is 19.5 Å². The van der Waals surface area contributed by atoms with Gasteiger partial charge in [-0.05, 0) is 12.1 Å². The molecule has 1 N–H and O–H groups in total. The van der Waals surface area contributed by atoms with Gasteiger partial charge in [0, 0.05) is 37.2 Å². The van der Waals surface area contributed by atoms with Crippen molar-refractivity contribution in [3.63, 3.8) is 0 Å². The van der Waals surface area contributed by atoms with Crippen LogP contribution < -0.4 is 10.1 Å². The molecule has 26 heavy (non-hydrogen) atoms. The van der Waals surface area contributed by atoms with Crippen molar-refractivity contribution >= 4 is 11.8 Å². The Morgan fingerprint density at radius 2 is 1.88 bits per heavy atom. The van der Waals surface area contributed by atoms with Crippen molar-refractivity contribution in [1.82, 2.24) is 10.2 Å². The molecular weight excluding hydrogens is 335 g/mol. The summed E-state index contributed by atoms with van der Waals surface area (Å²) in [5.74, 6) is -0.365. The SMILES string of the molecule is COc1ccccc1CN1CC(C(=O)NCc2ccccc2F)CC1=O. The highest BCUT2D eigenvalue weighted by Crippen LogP contribution is 2.24. The number of nitrogens with zero attached hydrogens (tertiary/aromatic N) is 1. The van der Waals surface area contributed by atoms with Crippen LogP contribution in [-0.4, -0.2) is 30.4 Å². The Morgan fingerprint density at radius 1 is 1.19 bits per heavy atom. The van der Waals surface area contributed by atoms with Crippen LogP contribution in [0.5, 0.6) is 5.75 Å². The third kappa shape index (κ3) is 4.02. The van der Waals surface area contributed by atoms with Gasteiger partial charge in [0.2, 0.25) is 11.8 Å². The second-order valence-electron chi connectivity index (χ2n) is 6.30. The van der Waals surface area contributed by atoms with E-state index in [1.54, 1.807) is 30.2 Å². The molecule has 1 atom stereocenters. The van der Waals surface area contributed by atoms with E-state index in [2.05, 4.69) is 5.32 Å². The summed E-state index contributed by atoms with van der Waals surface area (Å²) in [5, 5.41) is 2.73. The van der Waals surface area contributed by atoms with Crippen LogP contribution in [0.4, 0.5) is 4.39 Å². The smallest absolute Gasteiger partial charge is 0.225 e. The van der Waals surface area contributed by atoms with Crippen LogP contribution in [0.3, 0.4) is 0 Å². The average molecular weight is 356 g/mol. The Balaban J connectivity index is 1.58. The molecule has 1 fully saturated rings. The number of hydrogen-bond acceptors (Lipinski definition) is 3. The molecule has 5 nitrogen and oxygen atoms in total. The number of likely N-dealkylation sites (tertiary alicyclic amines) is 1. The highest BCUT2D eigenvalue weighted by atomic mass is 19.1. The number of benzene rings is 2. The van der Waals surface area contributed by atoms with Crippen LogP contribution in [0.15, 0.2) is 48.5 Å². The molecule has 2 aromatic carbocycles. The summed E-state index contributed by atoms with van der Waals surface area (Å²) in [6, 6.07) is 13.8. The first kappa shape index (κ1) is 17.9. The maximum absolute atomic E-state index is 13.6. The number of halogens is 1. The normalized spacial score (nSPS) is 16.6. The third-order valence-electron chi connectivity index (χ3n) is 4.55. The molecule has 1 saturated heterocycles. The number of hydrogen-bond donors (Lipinski definition) is 1. The van der Waals surface area contributed by atoms with Crippen LogP contribution in [0, 0.1) is 11.7 Å². The van der Waals surface area contributed by atoms with Gasteiger partial charge in [-0.25, -0.2) is 4.39 Å². The first-order valence-corrected chi connectivity index (χ1v) is 8.49. The molecule has 0 aromatic heterocycles. The molecule has 0 radical (unpaired) electrons. The molecule has 6 heteroatoms. The van der Waals surface area contributed by atoms with E-state index < -0.39 is 5.92 Å². The van der Waals surface area contributed by atoms with Gasteiger partial charge in [0.15, 0.2) is 0 Å². The highest BCUT2D eigenvalue weighted by molar-refractivity contribution is 5.89. The van der Waals surface area contributed by atoms with E-state index in [4.69, 9.17) is 4.74 Å². The van der Waals surface area contributed by atoms with Gasteiger partial charge in [-0.15, -0.1) is 0 Å². The van der Waals surface area contributed by atoms with Gasteiger partial charge < -0.3 is 15.0 Å². The lowest BCUT2D eigenvalue weighted by Crippen LogP contribution is -2.32. The average Bonchev–Trinajstić information content (AvgIpc) is 3.02. The number of amides is 2. The Morgan fingerprint density at radius 3 is 2.62 bits per heavy atom. The second-order valence-corrected chi connectivity index (χ2v) is 6.30. The van der Waals surface area contributed by atoms with Gasteiger partial charge in [-0.2, -0.15) is 0 Å². The molecule has 2 amide bonds. The van der Waals surface area contributed by atoms with E-state index in [0.29, 0.717) is 24.4 Å². The zero-order valence-electron chi connectivity index (χ0n) is 14.6. The Hall–Kier alpha value is -2.89. The predicted octanol–water partition coefficient (Wildman–Crippen LogP) is 2.50. The Kier molecular flexibility index (Phi) is 5.51. The van der Waals surface area contributed by atoms with Gasteiger partial charge in [-0.1, -0.05) is 36.4 Å². The lowest BCUT2D eigenvalue weighted by Gasteiger charge is -2.18. The monoisotopic (exact) mass is 356 g/mol. The first-order chi connectivity index (χ1) is 12.6. The number of carbonyl (C=O) groups excluding carboxylic acids is 2. The third-order valence-corrected chi connectivity index (χ3v) is 4.55. The second kappa shape index (κ2) is 7.99. The number of carbonyl (C=O) groups is 2. The molecule has 136 valence electrons. The van der Waals surface area contributed by atoms with Crippen LogP contribution in [0.2, 0.25) is 0 Å². The number of ether oxygens (including phenoxy) is 1. The van der Waals surface area contributed by atoms with Gasteiger partial charge in [-0.3, -0.25) is 9.59 Å². The minimum Gasteiger partial charge on any atom is -0.496 e. The maximum Gasteiger partial charge on any atom is 0.225 e. The van der Waals surface area contributed by atoms with Crippen molar-refractivity contribution in [3.8, 4) is 5.75 Å². The standard InChI is InChI=1S/C20H21FN2O3/c1-26-18-9-5-3-7-15(18)12-23-13-16(10-19(23)24)20(25)22-11-14-6-2-4-8-17(14)21/h2-9,16H,10-13H2,1H3,(H,22,25). The van der Waals surface area contributed by atoms with Crippen molar-refractivity contribution in [2.24, 2.45) is 5.92 Å². The summed E-state index contributed by atoms with van der Waals surface area (Å²) in [7, 11) is 1.59. The summed E-state index contributed by atoms with van der Waals surface area (Å²) in [5.41, 5.74) is 1.33. The molecule has 1 heterocycles. The molecule has 0 bridgehead atoms. The molecule has 0 spiro atoms. The minimum absolute atomic E-state index is 0.0676. The zero-order chi connectivity index (χ0) is 18.5. The fourth-order valence-electron chi connectivity index (χ4n) is 3.11. The maximum atomic E-state index is 13.6. The number of nitrogens with one attached hydrogen (secondary N) is 1. The highest BCUT2D eigenvalue weighted by Gasteiger charge is 2.34. The van der Waals surface area contributed by atoms with Gasteiger partial charge >= 0.3 is 0 Å². The van der Waals surface area contributed by atoms with E-state index in [1.165, 1.54) is 6.07 Å². The molecule has 1 aliphatic heterocycles. The Labute approximate surface area is 151 Å². The molecule has 0 aliphatic carbocycles. The van der Waals surface area contributed by atoms with Crippen molar-refractivity contribution < 1.29 is 18.7 Å². The molecule has 3 rings (SSSR count). The Bertz CT molecular complexity index is 809. The quantitative estimate of drug-likeness (QED) is 0.865. The molecular formula is C20H21FN2O3. The number of methoxy groups -OCH3 is 1. The largest absolute Gasteiger partial charge is 0.496 e. The zero-order valence-corrected chi connectivity index (χ0v) is 14.6. The minimum atomic E-state index is -0.427. The molecule has 0 saturated carbocycles. The van der Waals surface area contributed by atoms with Crippen LogP contribution in [0.25, 0.3) is 0 Å². The fraction of sp³-hybridized carbons (Fsp3) is 0.300. The van der Waals surface area contributed by atoms with E-state index in [9.17, 15) is 14.0 Å². The van der Waals surface area contributed by atoms with Gasteiger partial charge in [0.25, 0.3) is 0 Å². The summed E-state index contributed by atoms with van der Waals surface area (Å²) in [4.78, 5) is 26.3. The van der Waals surface area contributed by atoms with E-state index in [1.807, 2.05) is 24.3 Å². The van der Waals surface area contributed by atoms with Gasteiger partial charge in [0.05, 0.1) is 13.0 Å². The van der Waals surface area contributed by atoms with E-state index >= 15 is 0 Å². The molecule has 2 aromatic rings. The summed E-state index contributed by atoms with van der Waals surface area (Å²) in [6.45, 7) is 0.864. The van der Waals surface area contributed by atoms with Crippen molar-refractivity contribution in [3.05, 3.63) is 65.5 Å². The van der Waals surface area contributed by atoms with Crippen LogP contribution in [0.1, 0.15) is 17.5 Å². The number of para-hydroxylation sites is 1. The predicted molar refractivity (Wildman–Crippen MR) is 94.8 cm³/mol. The van der Waals surface area contributed by atoms with Crippen molar-refractivity contribution in [1.29, 1.82) is 0 Å². The lowest BCUT2D eigenvalue weighted by molar-refractivity contribution is -0.129. The van der Waals surface area contributed by atoms with Gasteiger partial charge in [0.1, 0.15) is 11.6 Å². The van der Waals surface area contributed by atoms with Crippen LogP contribution >= 0.6 is 0 Å². The summed E-state index contributed by atoms with van der Waals surface area (Å²) >= 11 is 0. The number of rotatable bonds is 6. The summed E-state index contributed by atoms with van der Waals surface area (Å²) in [6.07, 6.45) is 0.165. The first-order valence-electron chi connectivity index (χ1n) is 8.49. The lowest BCUT2D eigenvalue weighted by atomic mass is 10.1. The van der Waals surface area contributed by atoms with Crippen molar-refractivity contribution in [2.75, 3.05) is 13.7 Å².